The monoisotopic (exact) mass is 319 g/mol. The predicted molar refractivity (Wildman–Crippen MR) is 77.1 cm³/mol. The highest BCUT2D eigenvalue weighted by Crippen LogP contribution is 2.26. The molecule has 1 aliphatic heterocycles. The van der Waals surface area contributed by atoms with Gasteiger partial charge in [-0.25, -0.2) is 12.7 Å². The molecule has 0 amide bonds. The number of oxime groups is 1. The molecule has 0 spiro atoms. The zero-order chi connectivity index (χ0) is 14.8. The molecule has 112 valence electrons. The summed E-state index contributed by atoms with van der Waals surface area (Å²) in [4.78, 5) is 0.205. The van der Waals surface area contributed by atoms with Gasteiger partial charge in [0.1, 0.15) is 10.6 Å². The van der Waals surface area contributed by atoms with Crippen LogP contribution in [0.1, 0.15) is 25.0 Å². The summed E-state index contributed by atoms with van der Waals surface area (Å²) in [5.41, 5.74) is 0.898. The van der Waals surface area contributed by atoms with Crippen LogP contribution in [0.5, 0.6) is 0 Å². The molecule has 1 N–H and O–H groups in total. The molecule has 0 unspecified atom stereocenters. The fourth-order valence-electron chi connectivity index (χ4n) is 2.30. The Morgan fingerprint density at radius 3 is 2.85 bits per heavy atom. The lowest BCUT2D eigenvalue weighted by Crippen LogP contribution is -2.26. The van der Waals surface area contributed by atoms with E-state index in [2.05, 4.69) is 5.16 Å². The highest BCUT2D eigenvalue weighted by Gasteiger charge is 2.32. The zero-order valence-electron chi connectivity index (χ0n) is 11.3. The molecule has 0 atom stereocenters. The minimum absolute atomic E-state index is 0.205. The lowest BCUT2D eigenvalue weighted by atomic mass is 10.2. The van der Waals surface area contributed by atoms with Gasteiger partial charge in [-0.3, -0.25) is 0 Å². The van der Waals surface area contributed by atoms with Crippen molar-refractivity contribution in [2.45, 2.75) is 30.7 Å². The van der Waals surface area contributed by atoms with E-state index in [1.165, 1.54) is 11.4 Å². The summed E-state index contributed by atoms with van der Waals surface area (Å²) in [6.45, 7) is 0.957. The Kier molecular flexibility index (Phi) is 4.72. The van der Waals surface area contributed by atoms with Crippen molar-refractivity contribution in [2.24, 2.45) is 5.16 Å². The summed E-state index contributed by atoms with van der Waals surface area (Å²) in [5.74, 6) is 0.575. The number of rotatable bonds is 4. The number of unbranched alkanes of at least 4 members (excludes halogenated alkanes) is 1. The summed E-state index contributed by atoms with van der Waals surface area (Å²) in [6, 6.07) is 1.57. The van der Waals surface area contributed by atoms with E-state index in [-0.39, 0.29) is 4.90 Å². The minimum atomic E-state index is -3.52. The smallest absolute Gasteiger partial charge is 0.245 e. The number of aromatic nitrogens is 1. The third kappa shape index (κ3) is 2.70. The second-order valence-corrected chi connectivity index (χ2v) is 7.13. The van der Waals surface area contributed by atoms with E-state index in [1.54, 1.807) is 12.3 Å². The van der Waals surface area contributed by atoms with Gasteiger partial charge in [0.2, 0.25) is 10.0 Å². The Morgan fingerprint density at radius 2 is 2.20 bits per heavy atom. The molecule has 0 aliphatic carbocycles. The zero-order valence-corrected chi connectivity index (χ0v) is 12.9. The van der Waals surface area contributed by atoms with E-state index in [9.17, 15) is 13.6 Å². The number of hydrogen-bond donors (Lipinski definition) is 1. The Morgan fingerprint density at radius 1 is 1.45 bits per heavy atom. The molecule has 2 heterocycles. The van der Waals surface area contributed by atoms with Crippen molar-refractivity contribution in [2.75, 3.05) is 19.5 Å². The van der Waals surface area contributed by atoms with Gasteiger partial charge in [0.25, 0.3) is 0 Å². The van der Waals surface area contributed by atoms with E-state index in [4.69, 9.17) is 11.6 Å². The van der Waals surface area contributed by atoms with Crippen LogP contribution in [0.15, 0.2) is 22.3 Å². The summed E-state index contributed by atoms with van der Waals surface area (Å²) >= 11 is 5.66. The van der Waals surface area contributed by atoms with Crippen LogP contribution in [0.2, 0.25) is 0 Å². The topological polar surface area (TPSA) is 74.9 Å². The molecule has 0 saturated carbocycles. The second-order valence-electron chi connectivity index (χ2n) is 4.74. The normalized spacial score (nSPS) is 20.8. The van der Waals surface area contributed by atoms with Crippen LogP contribution in [0, 0.1) is 0 Å². The first-order valence-electron chi connectivity index (χ1n) is 6.45. The fourth-order valence-corrected chi connectivity index (χ4v) is 3.87. The molecule has 6 nitrogen and oxygen atoms in total. The standard InChI is InChI=1S/C12H18ClN3O3S/c1-15-8-4-10(14-17)12-11(20(15,18)19)5-9-16(12)7-3-2-6-13/h5,9,17H,2-4,6-8H2,1H3. The molecular formula is C12H18ClN3O3S. The van der Waals surface area contributed by atoms with Gasteiger partial charge in [0.15, 0.2) is 0 Å². The molecule has 2 rings (SSSR count). The highest BCUT2D eigenvalue weighted by molar-refractivity contribution is 7.89. The third-order valence-electron chi connectivity index (χ3n) is 3.45. The van der Waals surface area contributed by atoms with E-state index >= 15 is 0 Å². The van der Waals surface area contributed by atoms with Crippen LogP contribution in [-0.2, 0) is 16.6 Å². The number of alkyl halides is 1. The van der Waals surface area contributed by atoms with E-state index in [1.807, 2.05) is 4.57 Å². The molecule has 0 saturated heterocycles. The van der Waals surface area contributed by atoms with Crippen LogP contribution in [0.4, 0.5) is 0 Å². The molecule has 1 aromatic heterocycles. The Balaban J connectivity index is 2.47. The average Bonchev–Trinajstić information content (AvgIpc) is 2.80. The van der Waals surface area contributed by atoms with Crippen molar-refractivity contribution in [3.63, 3.8) is 0 Å². The number of aryl methyl sites for hydroxylation is 1. The van der Waals surface area contributed by atoms with Crippen molar-refractivity contribution in [3.05, 3.63) is 18.0 Å². The second kappa shape index (κ2) is 6.15. The maximum Gasteiger partial charge on any atom is 0.245 e. The van der Waals surface area contributed by atoms with Crippen molar-refractivity contribution >= 4 is 27.3 Å². The van der Waals surface area contributed by atoms with E-state index in [0.717, 1.165) is 12.8 Å². The Hall–Kier alpha value is -1.05. The minimum Gasteiger partial charge on any atom is -0.411 e. The molecule has 0 fully saturated rings. The number of sulfonamides is 1. The summed E-state index contributed by atoms with van der Waals surface area (Å²) in [7, 11) is -1.98. The maximum atomic E-state index is 12.4. The van der Waals surface area contributed by atoms with Crippen LogP contribution >= 0.6 is 11.6 Å². The summed E-state index contributed by atoms with van der Waals surface area (Å²) in [5, 5.41) is 12.5. The van der Waals surface area contributed by atoms with Gasteiger partial charge < -0.3 is 9.77 Å². The van der Waals surface area contributed by atoms with Crippen LogP contribution in [-0.4, -0.2) is 47.7 Å². The number of hydrogen-bond acceptors (Lipinski definition) is 4. The number of nitrogens with zero attached hydrogens (tertiary/aromatic N) is 3. The third-order valence-corrected chi connectivity index (χ3v) is 5.61. The largest absolute Gasteiger partial charge is 0.411 e. The first-order chi connectivity index (χ1) is 9.52. The molecule has 8 heteroatoms. The van der Waals surface area contributed by atoms with Gasteiger partial charge in [0.05, 0.1) is 5.69 Å². The van der Waals surface area contributed by atoms with Crippen LogP contribution < -0.4 is 0 Å². The van der Waals surface area contributed by atoms with Gasteiger partial charge in [-0.2, -0.15) is 0 Å². The van der Waals surface area contributed by atoms with E-state index in [0.29, 0.717) is 36.8 Å². The number of fused-ring (bicyclic) bond motifs is 1. The SMILES string of the molecule is CN1CCC(=NO)c2c(ccn2CCCCCl)S1(=O)=O. The average molecular weight is 320 g/mol. The van der Waals surface area contributed by atoms with Gasteiger partial charge in [0, 0.05) is 38.6 Å². The molecule has 20 heavy (non-hydrogen) atoms. The maximum absolute atomic E-state index is 12.4. The van der Waals surface area contributed by atoms with Crippen LogP contribution in [0.3, 0.4) is 0 Å². The predicted octanol–water partition coefficient (Wildman–Crippen LogP) is 1.71. The summed E-state index contributed by atoms with van der Waals surface area (Å²) < 4.78 is 27.9. The molecule has 0 bridgehead atoms. The molecule has 0 aromatic carbocycles. The molecular weight excluding hydrogens is 302 g/mol. The van der Waals surface area contributed by atoms with Crippen molar-refractivity contribution < 1.29 is 13.6 Å². The Bertz CT molecular complexity index is 609. The molecule has 1 aliphatic rings. The summed E-state index contributed by atoms with van der Waals surface area (Å²) in [6.07, 6.45) is 3.81. The fraction of sp³-hybridized carbons (Fsp3) is 0.583. The van der Waals surface area contributed by atoms with Gasteiger partial charge >= 0.3 is 0 Å². The van der Waals surface area contributed by atoms with Crippen LogP contribution in [0.25, 0.3) is 0 Å². The van der Waals surface area contributed by atoms with Gasteiger partial charge in [-0.1, -0.05) is 5.16 Å². The van der Waals surface area contributed by atoms with Gasteiger partial charge in [-0.05, 0) is 18.9 Å². The van der Waals surface area contributed by atoms with Gasteiger partial charge in [-0.15, -0.1) is 11.6 Å². The first-order valence-corrected chi connectivity index (χ1v) is 8.42. The van der Waals surface area contributed by atoms with Crippen molar-refractivity contribution in [1.82, 2.24) is 8.87 Å². The Labute approximate surface area is 123 Å². The van der Waals surface area contributed by atoms with Crippen molar-refractivity contribution in [3.8, 4) is 0 Å². The molecule has 1 aromatic rings. The highest BCUT2D eigenvalue weighted by atomic mass is 35.5. The quantitative estimate of drug-likeness (QED) is 0.397. The van der Waals surface area contributed by atoms with E-state index < -0.39 is 10.0 Å². The molecule has 0 radical (unpaired) electrons. The van der Waals surface area contributed by atoms with Crippen molar-refractivity contribution in [1.29, 1.82) is 0 Å². The lowest BCUT2D eigenvalue weighted by Gasteiger charge is -2.12. The number of halogens is 1. The lowest BCUT2D eigenvalue weighted by molar-refractivity contribution is 0.317. The first kappa shape index (κ1) is 15.3.